The number of carbonyl (C=O) groups is 2. The van der Waals surface area contributed by atoms with Crippen LogP contribution in [0.1, 0.15) is 0 Å². The number of benzene rings is 1. The molecule has 0 saturated heterocycles. The van der Waals surface area contributed by atoms with Gasteiger partial charge < -0.3 is 10.4 Å². The molecule has 8 heteroatoms. The van der Waals surface area contributed by atoms with Crippen LogP contribution in [0.3, 0.4) is 0 Å². The van der Waals surface area contributed by atoms with Gasteiger partial charge in [0.2, 0.25) is 5.91 Å². The fourth-order valence-corrected chi connectivity index (χ4v) is 1.69. The van der Waals surface area contributed by atoms with E-state index in [0.717, 1.165) is 0 Å². The van der Waals surface area contributed by atoms with E-state index in [4.69, 9.17) is 5.11 Å². The Labute approximate surface area is 120 Å². The third-order valence-corrected chi connectivity index (χ3v) is 2.49. The zero-order chi connectivity index (χ0) is 15.8. The first-order valence-electron chi connectivity index (χ1n) is 6.02. The summed E-state index contributed by atoms with van der Waals surface area (Å²) in [4.78, 5) is 34.1. The molecule has 0 fully saturated rings. The third kappa shape index (κ3) is 5.41. The van der Waals surface area contributed by atoms with Crippen molar-refractivity contribution in [2.24, 2.45) is 0 Å². The molecule has 0 aromatic heterocycles. The van der Waals surface area contributed by atoms with E-state index in [2.05, 4.69) is 11.9 Å². The van der Waals surface area contributed by atoms with Crippen LogP contribution in [0.5, 0.6) is 0 Å². The van der Waals surface area contributed by atoms with Crippen molar-refractivity contribution in [3.8, 4) is 0 Å². The summed E-state index contributed by atoms with van der Waals surface area (Å²) in [7, 11) is 0. The summed E-state index contributed by atoms with van der Waals surface area (Å²) >= 11 is 0. The Balaban J connectivity index is 2.74. The highest BCUT2D eigenvalue weighted by molar-refractivity contribution is 5.94. The van der Waals surface area contributed by atoms with E-state index in [9.17, 15) is 19.7 Å². The van der Waals surface area contributed by atoms with E-state index in [0.29, 0.717) is 0 Å². The number of anilines is 1. The molecule has 0 bridgehead atoms. The highest BCUT2D eigenvalue weighted by atomic mass is 16.6. The first-order chi connectivity index (χ1) is 9.93. The molecule has 0 unspecified atom stereocenters. The maximum absolute atomic E-state index is 11.9. The maximum atomic E-state index is 11.9. The molecule has 0 radical (unpaired) electrons. The van der Waals surface area contributed by atoms with Gasteiger partial charge in [-0.1, -0.05) is 18.2 Å². The number of nitro groups is 1. The smallest absolute Gasteiger partial charge is 0.317 e. The van der Waals surface area contributed by atoms with Crippen molar-refractivity contribution in [1.29, 1.82) is 0 Å². The minimum Gasteiger partial charge on any atom is -0.480 e. The van der Waals surface area contributed by atoms with Crippen LogP contribution in [0.4, 0.5) is 11.4 Å². The highest BCUT2D eigenvalue weighted by Gasteiger charge is 2.17. The first-order valence-corrected chi connectivity index (χ1v) is 6.02. The minimum atomic E-state index is -1.07. The molecule has 1 rings (SSSR count). The lowest BCUT2D eigenvalue weighted by Gasteiger charge is -2.17. The molecule has 21 heavy (non-hydrogen) atoms. The van der Waals surface area contributed by atoms with Crippen LogP contribution >= 0.6 is 0 Å². The van der Waals surface area contributed by atoms with Crippen molar-refractivity contribution in [3.05, 3.63) is 47.0 Å². The number of carboxylic acid groups (broad SMARTS) is 1. The molecule has 1 aromatic rings. The maximum Gasteiger partial charge on any atom is 0.317 e. The van der Waals surface area contributed by atoms with Crippen LogP contribution < -0.4 is 5.32 Å². The Morgan fingerprint density at radius 3 is 2.62 bits per heavy atom. The lowest BCUT2D eigenvalue weighted by atomic mass is 10.2. The normalized spacial score (nSPS) is 10.1. The van der Waals surface area contributed by atoms with Gasteiger partial charge in [-0.05, 0) is 6.07 Å². The van der Waals surface area contributed by atoms with Crippen LogP contribution in [0, 0.1) is 10.1 Å². The number of nitrogens with one attached hydrogen (secondary N) is 1. The molecule has 0 atom stereocenters. The number of para-hydroxylation sites is 2. The average Bonchev–Trinajstić information content (AvgIpc) is 2.38. The van der Waals surface area contributed by atoms with Crippen LogP contribution in [0.15, 0.2) is 36.9 Å². The molecule has 0 aliphatic heterocycles. The van der Waals surface area contributed by atoms with Gasteiger partial charge in [-0.15, -0.1) is 6.58 Å². The van der Waals surface area contributed by atoms with Gasteiger partial charge in [0.25, 0.3) is 5.69 Å². The summed E-state index contributed by atoms with van der Waals surface area (Å²) in [5, 5.41) is 22.0. The number of rotatable bonds is 8. The summed E-state index contributed by atoms with van der Waals surface area (Å²) < 4.78 is 0. The number of amides is 1. The average molecular weight is 293 g/mol. The summed E-state index contributed by atoms with van der Waals surface area (Å²) in [6, 6.07) is 5.73. The van der Waals surface area contributed by atoms with Crippen molar-refractivity contribution in [1.82, 2.24) is 4.90 Å². The fourth-order valence-electron chi connectivity index (χ4n) is 1.69. The van der Waals surface area contributed by atoms with Crippen molar-refractivity contribution in [3.63, 3.8) is 0 Å². The predicted octanol–water partition coefficient (Wildman–Crippen LogP) is 1.11. The Hall–Kier alpha value is -2.74. The van der Waals surface area contributed by atoms with E-state index >= 15 is 0 Å². The molecular weight excluding hydrogens is 278 g/mol. The highest BCUT2D eigenvalue weighted by Crippen LogP contribution is 2.22. The fraction of sp³-hybridized carbons (Fsp3) is 0.231. The summed E-state index contributed by atoms with van der Waals surface area (Å²) in [5.74, 6) is -1.61. The zero-order valence-electron chi connectivity index (χ0n) is 11.2. The zero-order valence-corrected chi connectivity index (χ0v) is 11.2. The molecule has 2 N–H and O–H groups in total. The second-order valence-corrected chi connectivity index (χ2v) is 4.17. The van der Waals surface area contributed by atoms with E-state index in [1.54, 1.807) is 6.07 Å². The number of aliphatic carboxylic acids is 1. The second kappa shape index (κ2) is 7.75. The quantitative estimate of drug-likeness (QED) is 0.421. The minimum absolute atomic E-state index is 0.0707. The van der Waals surface area contributed by atoms with Gasteiger partial charge in [-0.2, -0.15) is 0 Å². The Bertz CT molecular complexity index is 558. The molecule has 112 valence electrons. The number of nitrogens with zero attached hydrogens (tertiary/aromatic N) is 2. The van der Waals surface area contributed by atoms with Crippen LogP contribution in [-0.2, 0) is 9.59 Å². The van der Waals surface area contributed by atoms with Crippen molar-refractivity contribution >= 4 is 23.3 Å². The molecular formula is C13H15N3O5. The lowest BCUT2D eigenvalue weighted by Crippen LogP contribution is -2.37. The third-order valence-electron chi connectivity index (χ3n) is 2.49. The molecule has 0 spiro atoms. The van der Waals surface area contributed by atoms with Crippen molar-refractivity contribution in [2.45, 2.75) is 0 Å². The number of hydrogen-bond acceptors (Lipinski definition) is 5. The summed E-state index contributed by atoms with van der Waals surface area (Å²) in [5.41, 5.74) is -0.152. The largest absolute Gasteiger partial charge is 0.480 e. The van der Waals surface area contributed by atoms with Gasteiger partial charge >= 0.3 is 5.97 Å². The molecule has 8 nitrogen and oxygen atoms in total. The van der Waals surface area contributed by atoms with Gasteiger partial charge in [0.05, 0.1) is 18.0 Å². The standard InChI is InChI=1S/C13H15N3O5/c1-2-7-15(9-13(18)19)8-12(17)14-10-5-3-4-6-11(10)16(20)21/h2-6H,1,7-9H2,(H,14,17)(H,18,19). The molecule has 1 amide bonds. The van der Waals surface area contributed by atoms with E-state index in [1.165, 1.54) is 29.2 Å². The molecule has 0 aliphatic carbocycles. The summed E-state index contributed by atoms with van der Waals surface area (Å²) in [6.07, 6.45) is 1.47. The molecule has 0 saturated carbocycles. The van der Waals surface area contributed by atoms with E-state index < -0.39 is 16.8 Å². The van der Waals surface area contributed by atoms with Crippen LogP contribution in [-0.4, -0.2) is 46.4 Å². The monoisotopic (exact) mass is 293 g/mol. The summed E-state index contributed by atoms with van der Waals surface area (Å²) in [6.45, 7) is 3.17. The van der Waals surface area contributed by atoms with Crippen molar-refractivity contribution in [2.75, 3.05) is 25.0 Å². The molecule has 0 aliphatic rings. The van der Waals surface area contributed by atoms with Gasteiger partial charge in [0, 0.05) is 12.6 Å². The van der Waals surface area contributed by atoms with Gasteiger partial charge in [0.15, 0.2) is 0 Å². The van der Waals surface area contributed by atoms with Gasteiger partial charge in [-0.3, -0.25) is 24.6 Å². The Morgan fingerprint density at radius 1 is 1.38 bits per heavy atom. The second-order valence-electron chi connectivity index (χ2n) is 4.17. The van der Waals surface area contributed by atoms with Crippen LogP contribution in [0.25, 0.3) is 0 Å². The number of nitro benzene ring substituents is 1. The Kier molecular flexibility index (Phi) is 6.02. The molecule has 1 aromatic carbocycles. The number of hydrogen-bond donors (Lipinski definition) is 2. The topological polar surface area (TPSA) is 113 Å². The number of carbonyl (C=O) groups excluding carboxylic acids is 1. The molecule has 0 heterocycles. The predicted molar refractivity (Wildman–Crippen MR) is 76.0 cm³/mol. The van der Waals surface area contributed by atoms with Crippen LogP contribution in [0.2, 0.25) is 0 Å². The first kappa shape index (κ1) is 16.3. The van der Waals surface area contributed by atoms with Crippen molar-refractivity contribution < 1.29 is 19.6 Å². The van der Waals surface area contributed by atoms with E-state index in [1.807, 2.05) is 0 Å². The van der Waals surface area contributed by atoms with E-state index in [-0.39, 0.29) is 31.0 Å². The van der Waals surface area contributed by atoms with Gasteiger partial charge in [0.1, 0.15) is 5.69 Å². The Morgan fingerprint density at radius 2 is 2.05 bits per heavy atom. The number of carboxylic acids is 1. The SMILES string of the molecule is C=CCN(CC(=O)O)CC(=O)Nc1ccccc1[N+](=O)[O-]. The lowest BCUT2D eigenvalue weighted by molar-refractivity contribution is -0.383. The van der Waals surface area contributed by atoms with Gasteiger partial charge in [-0.25, -0.2) is 0 Å².